The average Bonchev–Trinajstić information content (AvgIpc) is 1.79. The summed E-state index contributed by atoms with van der Waals surface area (Å²) in [5.41, 5.74) is 6.02. The van der Waals surface area contributed by atoms with Crippen LogP contribution in [0.2, 0.25) is 0 Å². The van der Waals surface area contributed by atoms with Gasteiger partial charge in [-0.25, -0.2) is 0 Å². The third-order valence-corrected chi connectivity index (χ3v) is 2.48. The smallest absolute Gasteiger partial charge is 0.548 e. The third-order valence-electron chi connectivity index (χ3n) is 1.30. The topological polar surface area (TPSA) is 187 Å². The van der Waals surface area contributed by atoms with Gasteiger partial charge in [-0.05, 0) is 0 Å². The number of hydrogen-bond donors (Lipinski definition) is 3. The summed E-state index contributed by atoms with van der Waals surface area (Å²) in [6, 6.07) is 0. The van der Waals surface area contributed by atoms with E-state index in [9.17, 15) is 28.2 Å². The van der Waals surface area contributed by atoms with Crippen LogP contribution in [-0.4, -0.2) is 35.8 Å². The van der Waals surface area contributed by atoms with E-state index in [-0.39, 0.29) is 59.1 Å². The molecule has 0 heterocycles. The summed E-state index contributed by atoms with van der Waals surface area (Å²) >= 11 is 0. The van der Waals surface area contributed by atoms with Gasteiger partial charge >= 0.3 is 59.1 Å². The molecule has 0 bridgehead atoms. The normalized spacial score (nSPS) is 12.9. The molecule has 82 valence electrons. The summed E-state index contributed by atoms with van der Waals surface area (Å²) in [4.78, 5) is 20.4. The minimum Gasteiger partial charge on any atom is -0.548 e. The van der Waals surface area contributed by atoms with Gasteiger partial charge in [0.25, 0.3) is 10.1 Å². The van der Waals surface area contributed by atoms with Crippen LogP contribution in [0.4, 0.5) is 0 Å². The Labute approximate surface area is 135 Å². The SMILES string of the molecule is NC(N)(C(=O)[O-])C(C(=O)[O-])S(=O)(=O)O.[Na+].[Na+]. The van der Waals surface area contributed by atoms with Crippen molar-refractivity contribution in [3.8, 4) is 0 Å². The van der Waals surface area contributed by atoms with Gasteiger partial charge in [0, 0.05) is 0 Å². The van der Waals surface area contributed by atoms with Gasteiger partial charge in [0.1, 0.15) is 5.66 Å². The van der Waals surface area contributed by atoms with Crippen molar-refractivity contribution in [1.82, 2.24) is 0 Å². The summed E-state index contributed by atoms with van der Waals surface area (Å²) in [6.07, 6.45) is 0. The average molecular weight is 272 g/mol. The molecular formula is C4H6N2Na2O7S. The van der Waals surface area contributed by atoms with Crippen molar-refractivity contribution in [2.24, 2.45) is 11.5 Å². The summed E-state index contributed by atoms with van der Waals surface area (Å²) in [5, 5.41) is 17.4. The minimum atomic E-state index is -5.30. The Morgan fingerprint density at radius 1 is 1.19 bits per heavy atom. The van der Waals surface area contributed by atoms with Crippen molar-refractivity contribution in [1.29, 1.82) is 0 Å². The summed E-state index contributed by atoms with van der Waals surface area (Å²) < 4.78 is 29.1. The quantitative estimate of drug-likeness (QED) is 0.253. The molecule has 1 atom stereocenters. The number of aliphatic carboxylic acids is 2. The Kier molecular flexibility index (Phi) is 9.98. The molecule has 0 rings (SSSR count). The van der Waals surface area contributed by atoms with Crippen LogP contribution in [0, 0.1) is 0 Å². The molecule has 0 amide bonds. The predicted octanol–water partition coefficient (Wildman–Crippen LogP) is -11.6. The molecule has 0 aromatic carbocycles. The molecule has 0 aliphatic rings. The van der Waals surface area contributed by atoms with Gasteiger partial charge in [-0.1, -0.05) is 0 Å². The first kappa shape index (κ1) is 22.0. The van der Waals surface area contributed by atoms with Crippen LogP contribution < -0.4 is 80.8 Å². The van der Waals surface area contributed by atoms with E-state index in [0.29, 0.717) is 0 Å². The van der Waals surface area contributed by atoms with Crippen molar-refractivity contribution in [3.63, 3.8) is 0 Å². The van der Waals surface area contributed by atoms with E-state index in [1.165, 1.54) is 0 Å². The van der Waals surface area contributed by atoms with Gasteiger partial charge in [0.15, 0.2) is 5.25 Å². The molecule has 9 nitrogen and oxygen atoms in total. The van der Waals surface area contributed by atoms with Crippen LogP contribution >= 0.6 is 0 Å². The van der Waals surface area contributed by atoms with Gasteiger partial charge in [0.2, 0.25) is 0 Å². The third kappa shape index (κ3) is 5.40. The summed E-state index contributed by atoms with van der Waals surface area (Å²) in [6.45, 7) is 0. The number of carboxylic acid groups (broad SMARTS) is 2. The van der Waals surface area contributed by atoms with Crippen molar-refractivity contribution in [3.05, 3.63) is 0 Å². The van der Waals surface area contributed by atoms with Crippen LogP contribution in [0.3, 0.4) is 0 Å². The molecule has 0 aromatic heterocycles. The van der Waals surface area contributed by atoms with Crippen molar-refractivity contribution in [2.75, 3.05) is 0 Å². The second-order valence-corrected chi connectivity index (χ2v) is 3.94. The fraction of sp³-hybridized carbons (Fsp3) is 0.500. The zero-order chi connectivity index (χ0) is 11.7. The van der Waals surface area contributed by atoms with Crippen LogP contribution in [0.15, 0.2) is 0 Å². The van der Waals surface area contributed by atoms with Crippen LogP contribution in [0.5, 0.6) is 0 Å². The van der Waals surface area contributed by atoms with E-state index in [0.717, 1.165) is 0 Å². The maximum absolute atomic E-state index is 10.4. The van der Waals surface area contributed by atoms with Crippen LogP contribution in [-0.2, 0) is 19.7 Å². The number of carbonyl (C=O) groups is 2. The first-order valence-electron chi connectivity index (χ1n) is 2.97. The molecular weight excluding hydrogens is 266 g/mol. The minimum absolute atomic E-state index is 0. The molecule has 0 fully saturated rings. The monoisotopic (exact) mass is 272 g/mol. The second-order valence-electron chi connectivity index (χ2n) is 2.43. The van der Waals surface area contributed by atoms with Gasteiger partial charge in [0.05, 0.1) is 11.9 Å². The van der Waals surface area contributed by atoms with E-state index in [1.54, 1.807) is 0 Å². The Morgan fingerprint density at radius 3 is 1.56 bits per heavy atom. The van der Waals surface area contributed by atoms with Crippen LogP contribution in [0.25, 0.3) is 0 Å². The number of rotatable bonds is 4. The molecule has 0 saturated carbocycles. The fourth-order valence-electron chi connectivity index (χ4n) is 0.670. The molecule has 0 aliphatic heterocycles. The summed E-state index contributed by atoms with van der Waals surface area (Å²) in [5.74, 6) is -4.80. The second kappa shape index (κ2) is 7.26. The Bertz CT molecular complexity index is 367. The molecule has 0 spiro atoms. The van der Waals surface area contributed by atoms with Crippen molar-refractivity contribution >= 4 is 22.1 Å². The molecule has 0 aromatic rings. The molecule has 5 N–H and O–H groups in total. The molecule has 0 saturated heterocycles. The molecule has 1 unspecified atom stereocenters. The van der Waals surface area contributed by atoms with Gasteiger partial charge in [-0.15, -0.1) is 0 Å². The molecule has 0 radical (unpaired) electrons. The largest absolute Gasteiger partial charge is 1.00 e. The standard InChI is InChI=1S/C4H8N2O7S.2Na/c5-4(6,3(9)10)1(2(7)8)14(11,12)13;;/h1H,5-6H2,(H,7,8)(H,9,10)(H,11,12,13);;/q;2*+1/p-2. The summed E-state index contributed by atoms with van der Waals surface area (Å²) in [7, 11) is -5.30. The van der Waals surface area contributed by atoms with E-state index >= 15 is 0 Å². The molecule has 12 heteroatoms. The Morgan fingerprint density at radius 2 is 1.50 bits per heavy atom. The van der Waals surface area contributed by atoms with E-state index < -0.39 is 33.0 Å². The van der Waals surface area contributed by atoms with E-state index in [1.807, 2.05) is 0 Å². The van der Waals surface area contributed by atoms with Gasteiger partial charge in [-0.2, -0.15) is 8.42 Å². The predicted molar refractivity (Wildman–Crippen MR) is 36.5 cm³/mol. The maximum Gasteiger partial charge on any atom is 1.00 e. The molecule has 0 aliphatic carbocycles. The Hall–Kier alpha value is 0.770. The number of nitrogens with two attached hydrogens (primary N) is 2. The number of carboxylic acids is 2. The van der Waals surface area contributed by atoms with Crippen LogP contribution in [0.1, 0.15) is 0 Å². The zero-order valence-corrected chi connectivity index (χ0v) is 13.4. The maximum atomic E-state index is 10.4. The van der Waals surface area contributed by atoms with Gasteiger partial charge < -0.3 is 31.3 Å². The number of carbonyl (C=O) groups excluding carboxylic acids is 2. The van der Waals surface area contributed by atoms with E-state index in [4.69, 9.17) is 4.55 Å². The van der Waals surface area contributed by atoms with Crippen molar-refractivity contribution < 1.29 is 91.9 Å². The number of hydrogen-bond acceptors (Lipinski definition) is 8. The fourth-order valence-corrected chi connectivity index (χ4v) is 1.50. The van der Waals surface area contributed by atoms with E-state index in [2.05, 4.69) is 11.5 Å². The Balaban J connectivity index is -0.000000845. The first-order valence-corrected chi connectivity index (χ1v) is 4.48. The van der Waals surface area contributed by atoms with Gasteiger partial charge in [-0.3, -0.25) is 4.55 Å². The first-order chi connectivity index (χ1) is 6.01. The van der Waals surface area contributed by atoms with Crippen molar-refractivity contribution in [2.45, 2.75) is 10.9 Å². The molecule has 16 heavy (non-hydrogen) atoms. The zero-order valence-electron chi connectivity index (χ0n) is 8.54.